The highest BCUT2D eigenvalue weighted by Gasteiger charge is 2.11. The van der Waals surface area contributed by atoms with Gasteiger partial charge in [-0.1, -0.05) is 42.5 Å². The van der Waals surface area contributed by atoms with Gasteiger partial charge in [-0.25, -0.2) is 4.98 Å². The van der Waals surface area contributed by atoms with E-state index in [1.807, 2.05) is 30.3 Å². The maximum Gasteiger partial charge on any atom is 0.270 e. The first-order valence-electron chi connectivity index (χ1n) is 8.24. The molecule has 3 aromatic rings. The zero-order valence-corrected chi connectivity index (χ0v) is 15.1. The molecule has 1 aromatic heterocycles. The Labute approximate surface area is 159 Å². The molecule has 2 aromatic carbocycles. The van der Waals surface area contributed by atoms with Crippen molar-refractivity contribution < 1.29 is 14.5 Å². The van der Waals surface area contributed by atoms with Gasteiger partial charge in [0.2, 0.25) is 5.91 Å². The highest BCUT2D eigenvalue weighted by molar-refractivity contribution is 7.14. The van der Waals surface area contributed by atoms with Crippen LogP contribution < -0.4 is 5.32 Å². The summed E-state index contributed by atoms with van der Waals surface area (Å²) in [6.07, 6.45) is 0.221. The van der Waals surface area contributed by atoms with Crippen LogP contribution in [-0.2, 0) is 16.1 Å². The molecule has 138 valence electrons. The van der Waals surface area contributed by atoms with E-state index in [1.165, 1.54) is 23.5 Å². The third-order valence-electron chi connectivity index (χ3n) is 3.69. The summed E-state index contributed by atoms with van der Waals surface area (Å²) < 4.78 is 5.50. The van der Waals surface area contributed by atoms with Gasteiger partial charge in [0.15, 0.2) is 5.13 Å². The average Bonchev–Trinajstić information content (AvgIpc) is 3.14. The predicted molar refractivity (Wildman–Crippen MR) is 104 cm³/mol. The summed E-state index contributed by atoms with van der Waals surface area (Å²) in [5.41, 5.74) is 2.27. The van der Waals surface area contributed by atoms with Crippen molar-refractivity contribution in [1.82, 2.24) is 4.98 Å². The number of nitro benzene ring substituents is 1. The van der Waals surface area contributed by atoms with Crippen LogP contribution in [0.15, 0.2) is 60.0 Å². The molecular formula is C19H17N3O4S. The molecule has 0 atom stereocenters. The number of non-ortho nitro benzene ring substituents is 1. The van der Waals surface area contributed by atoms with E-state index in [9.17, 15) is 14.9 Å². The van der Waals surface area contributed by atoms with E-state index < -0.39 is 4.92 Å². The highest BCUT2D eigenvalue weighted by Crippen LogP contribution is 2.27. The lowest BCUT2D eigenvalue weighted by atomic mass is 10.1. The summed E-state index contributed by atoms with van der Waals surface area (Å²) in [5, 5.41) is 15.8. The summed E-state index contributed by atoms with van der Waals surface area (Å²) in [6, 6.07) is 16.0. The number of carbonyl (C=O) groups excluding carboxylic acids is 1. The van der Waals surface area contributed by atoms with Crippen LogP contribution in [0.1, 0.15) is 12.0 Å². The Kier molecular flexibility index (Phi) is 6.24. The van der Waals surface area contributed by atoms with Crippen LogP contribution in [0.5, 0.6) is 0 Å². The number of hydrogen-bond donors (Lipinski definition) is 1. The molecule has 0 radical (unpaired) electrons. The van der Waals surface area contributed by atoms with Crippen molar-refractivity contribution in [2.24, 2.45) is 0 Å². The third-order valence-corrected chi connectivity index (χ3v) is 4.45. The molecule has 7 nitrogen and oxygen atoms in total. The molecule has 0 fully saturated rings. The van der Waals surface area contributed by atoms with Crippen molar-refractivity contribution >= 4 is 28.1 Å². The molecule has 0 aliphatic rings. The van der Waals surface area contributed by atoms with E-state index in [2.05, 4.69) is 10.3 Å². The van der Waals surface area contributed by atoms with Gasteiger partial charge in [-0.3, -0.25) is 14.9 Å². The first-order valence-corrected chi connectivity index (χ1v) is 9.11. The van der Waals surface area contributed by atoms with E-state index in [-0.39, 0.29) is 18.0 Å². The molecule has 3 rings (SSSR count). The molecule has 0 aliphatic carbocycles. The largest absolute Gasteiger partial charge is 0.376 e. The van der Waals surface area contributed by atoms with E-state index in [1.54, 1.807) is 17.5 Å². The van der Waals surface area contributed by atoms with Crippen LogP contribution in [0.3, 0.4) is 0 Å². The normalized spacial score (nSPS) is 10.5. The number of rotatable bonds is 8. The van der Waals surface area contributed by atoms with E-state index in [4.69, 9.17) is 4.74 Å². The van der Waals surface area contributed by atoms with Crippen molar-refractivity contribution in [3.8, 4) is 11.3 Å². The van der Waals surface area contributed by atoms with Crippen molar-refractivity contribution in [3.05, 3.63) is 75.7 Å². The van der Waals surface area contributed by atoms with Gasteiger partial charge in [-0.2, -0.15) is 0 Å². The Balaban J connectivity index is 1.49. The Morgan fingerprint density at radius 2 is 2.00 bits per heavy atom. The smallest absolute Gasteiger partial charge is 0.270 e. The molecular weight excluding hydrogens is 366 g/mol. The summed E-state index contributed by atoms with van der Waals surface area (Å²) in [7, 11) is 0. The molecule has 1 heterocycles. The number of amides is 1. The van der Waals surface area contributed by atoms with Crippen LogP contribution >= 0.6 is 11.3 Å². The molecule has 0 bridgehead atoms. The number of aromatic nitrogens is 1. The number of nitrogens with one attached hydrogen (secondary N) is 1. The standard InChI is InChI=1S/C19H17N3O4S/c23-18(9-10-26-12-14-5-2-1-3-6-14)21-19-20-17(13-27-19)15-7-4-8-16(11-15)22(24)25/h1-8,11,13H,9-10,12H2,(H,20,21,23). The minimum atomic E-state index is -0.450. The predicted octanol–water partition coefficient (Wildman–Crippen LogP) is 4.26. The number of benzene rings is 2. The topological polar surface area (TPSA) is 94.4 Å². The minimum absolute atomic E-state index is 0.00153. The fourth-order valence-corrected chi connectivity index (χ4v) is 3.09. The quantitative estimate of drug-likeness (QED) is 0.356. The van der Waals surface area contributed by atoms with E-state index in [0.717, 1.165) is 5.56 Å². The van der Waals surface area contributed by atoms with Crippen molar-refractivity contribution in [2.45, 2.75) is 13.0 Å². The maximum absolute atomic E-state index is 12.0. The average molecular weight is 383 g/mol. The van der Waals surface area contributed by atoms with Crippen LogP contribution in [0.4, 0.5) is 10.8 Å². The summed E-state index contributed by atoms with van der Waals surface area (Å²) >= 11 is 1.27. The summed E-state index contributed by atoms with van der Waals surface area (Å²) in [5.74, 6) is -0.192. The van der Waals surface area contributed by atoms with Gasteiger partial charge >= 0.3 is 0 Å². The van der Waals surface area contributed by atoms with Gasteiger partial charge in [0.05, 0.1) is 30.3 Å². The van der Waals surface area contributed by atoms with E-state index in [0.29, 0.717) is 29.6 Å². The van der Waals surface area contributed by atoms with Crippen molar-refractivity contribution in [3.63, 3.8) is 0 Å². The second kappa shape index (κ2) is 9.02. The van der Waals surface area contributed by atoms with Crippen LogP contribution in [0.2, 0.25) is 0 Å². The lowest BCUT2D eigenvalue weighted by Crippen LogP contribution is -2.14. The van der Waals surface area contributed by atoms with Gasteiger partial charge in [0, 0.05) is 23.1 Å². The minimum Gasteiger partial charge on any atom is -0.376 e. The second-order valence-corrected chi connectivity index (χ2v) is 6.54. The van der Waals surface area contributed by atoms with Crippen LogP contribution in [0, 0.1) is 10.1 Å². The molecule has 0 saturated carbocycles. The highest BCUT2D eigenvalue weighted by atomic mass is 32.1. The maximum atomic E-state index is 12.0. The molecule has 1 amide bonds. The molecule has 1 N–H and O–H groups in total. The number of thiazole rings is 1. The number of ether oxygens (including phenoxy) is 1. The van der Waals surface area contributed by atoms with Gasteiger partial charge in [-0.05, 0) is 5.56 Å². The molecule has 0 saturated heterocycles. The van der Waals surface area contributed by atoms with Crippen LogP contribution in [0.25, 0.3) is 11.3 Å². The Morgan fingerprint density at radius 1 is 1.19 bits per heavy atom. The van der Waals surface area contributed by atoms with Crippen molar-refractivity contribution in [2.75, 3.05) is 11.9 Å². The Bertz CT molecular complexity index is 927. The summed E-state index contributed by atoms with van der Waals surface area (Å²) in [6.45, 7) is 0.770. The molecule has 0 aliphatic heterocycles. The molecule has 27 heavy (non-hydrogen) atoms. The number of carbonyl (C=O) groups is 1. The number of anilines is 1. The molecule has 0 unspecified atom stereocenters. The van der Waals surface area contributed by atoms with Crippen molar-refractivity contribution in [1.29, 1.82) is 0 Å². The zero-order chi connectivity index (χ0) is 19.1. The number of nitrogens with zero attached hydrogens (tertiary/aromatic N) is 2. The number of hydrogen-bond acceptors (Lipinski definition) is 6. The fraction of sp³-hybridized carbons (Fsp3) is 0.158. The van der Waals surface area contributed by atoms with Gasteiger partial charge in [-0.15, -0.1) is 11.3 Å². The molecule has 0 spiro atoms. The van der Waals surface area contributed by atoms with Gasteiger partial charge in [0.1, 0.15) is 0 Å². The Hall–Kier alpha value is -3.10. The van der Waals surface area contributed by atoms with Crippen LogP contribution in [-0.4, -0.2) is 22.4 Å². The van der Waals surface area contributed by atoms with Gasteiger partial charge < -0.3 is 10.1 Å². The fourth-order valence-electron chi connectivity index (χ4n) is 2.35. The number of nitro groups is 1. The first-order chi connectivity index (χ1) is 13.1. The first kappa shape index (κ1) is 18.7. The SMILES string of the molecule is O=C(CCOCc1ccccc1)Nc1nc(-c2cccc([N+](=O)[O-])c2)cs1. The summed E-state index contributed by atoms with van der Waals surface area (Å²) in [4.78, 5) is 26.7. The van der Waals surface area contributed by atoms with E-state index >= 15 is 0 Å². The zero-order valence-electron chi connectivity index (χ0n) is 14.3. The second-order valence-electron chi connectivity index (χ2n) is 5.68. The van der Waals surface area contributed by atoms with Gasteiger partial charge in [0.25, 0.3) is 5.69 Å². The molecule has 8 heteroatoms. The lowest BCUT2D eigenvalue weighted by Gasteiger charge is -2.04. The third kappa shape index (κ3) is 5.44. The Morgan fingerprint density at radius 3 is 2.78 bits per heavy atom. The monoisotopic (exact) mass is 383 g/mol. The lowest BCUT2D eigenvalue weighted by molar-refractivity contribution is -0.384.